The average molecular weight is 298 g/mol. The van der Waals surface area contributed by atoms with Crippen molar-refractivity contribution >= 4 is 17.7 Å². The number of nitrogens with zero attached hydrogens (tertiary/aromatic N) is 2. The van der Waals surface area contributed by atoms with Crippen molar-refractivity contribution < 1.29 is 9.90 Å². The molecule has 3 aliphatic rings. The van der Waals surface area contributed by atoms with E-state index in [1.54, 1.807) is 0 Å². The van der Waals surface area contributed by atoms with Crippen molar-refractivity contribution in [2.24, 2.45) is 0 Å². The number of piperidine rings is 1. The summed E-state index contributed by atoms with van der Waals surface area (Å²) in [4.78, 5) is 16.2. The van der Waals surface area contributed by atoms with Crippen molar-refractivity contribution in [2.45, 2.75) is 62.4 Å². The van der Waals surface area contributed by atoms with Gasteiger partial charge in [0.25, 0.3) is 0 Å². The molecule has 3 aliphatic heterocycles. The minimum absolute atomic E-state index is 0.214. The molecule has 3 fully saturated rings. The van der Waals surface area contributed by atoms with Gasteiger partial charge in [0.15, 0.2) is 0 Å². The lowest BCUT2D eigenvalue weighted by atomic mass is 10.00. The molecule has 1 N–H and O–H groups in total. The van der Waals surface area contributed by atoms with E-state index in [0.717, 1.165) is 56.6 Å². The van der Waals surface area contributed by atoms with E-state index in [-0.39, 0.29) is 6.04 Å². The average Bonchev–Trinajstić information content (AvgIpc) is 3.07. The van der Waals surface area contributed by atoms with Crippen molar-refractivity contribution in [1.29, 1.82) is 0 Å². The fourth-order valence-electron chi connectivity index (χ4n) is 4.12. The summed E-state index contributed by atoms with van der Waals surface area (Å²) < 4.78 is 0. The van der Waals surface area contributed by atoms with Crippen molar-refractivity contribution in [2.75, 3.05) is 25.4 Å². The molecule has 20 heavy (non-hydrogen) atoms. The van der Waals surface area contributed by atoms with Crippen LogP contribution in [0.15, 0.2) is 0 Å². The third-order valence-corrected chi connectivity index (χ3v) is 6.58. The van der Waals surface area contributed by atoms with Crippen LogP contribution in [0.3, 0.4) is 0 Å². The topological polar surface area (TPSA) is 43.8 Å². The number of hydrogen-bond acceptors (Lipinski definition) is 4. The van der Waals surface area contributed by atoms with Gasteiger partial charge in [-0.25, -0.2) is 0 Å². The summed E-state index contributed by atoms with van der Waals surface area (Å²) in [6.07, 6.45) is 5.52. The quantitative estimate of drug-likeness (QED) is 0.862. The van der Waals surface area contributed by atoms with Crippen LogP contribution in [-0.4, -0.2) is 69.6 Å². The molecule has 4 nitrogen and oxygen atoms in total. The summed E-state index contributed by atoms with van der Waals surface area (Å²) in [6.45, 7) is 5.63. The Morgan fingerprint density at radius 2 is 1.90 bits per heavy atom. The Hall–Kier alpha value is -0.260. The Morgan fingerprint density at radius 3 is 2.50 bits per heavy atom. The van der Waals surface area contributed by atoms with Gasteiger partial charge < -0.3 is 5.11 Å². The molecule has 3 atom stereocenters. The summed E-state index contributed by atoms with van der Waals surface area (Å²) in [6, 6.07) is 1.06. The fourth-order valence-corrected chi connectivity index (χ4v) is 5.38. The Bertz CT molecular complexity index is 358. The highest BCUT2D eigenvalue weighted by atomic mass is 32.2. The first kappa shape index (κ1) is 14.7. The van der Waals surface area contributed by atoms with Crippen molar-refractivity contribution in [3.05, 3.63) is 0 Å². The molecule has 3 heterocycles. The van der Waals surface area contributed by atoms with Crippen LogP contribution < -0.4 is 0 Å². The lowest BCUT2D eigenvalue weighted by Gasteiger charge is -2.40. The minimum atomic E-state index is -0.619. The first-order chi connectivity index (χ1) is 9.65. The highest BCUT2D eigenvalue weighted by molar-refractivity contribution is 8.00. The molecular weight excluding hydrogens is 272 g/mol. The first-order valence-electron chi connectivity index (χ1n) is 7.99. The Balaban J connectivity index is 1.52. The number of aliphatic carboxylic acids is 1. The van der Waals surface area contributed by atoms with Crippen LogP contribution in [0, 0.1) is 0 Å². The molecule has 0 aromatic heterocycles. The van der Waals surface area contributed by atoms with Crippen molar-refractivity contribution in [3.8, 4) is 0 Å². The van der Waals surface area contributed by atoms with Crippen molar-refractivity contribution in [1.82, 2.24) is 9.80 Å². The van der Waals surface area contributed by atoms with E-state index in [9.17, 15) is 9.90 Å². The molecular formula is C15H26N2O2S. The van der Waals surface area contributed by atoms with E-state index in [0.29, 0.717) is 6.04 Å². The summed E-state index contributed by atoms with van der Waals surface area (Å²) >= 11 is 2.10. The summed E-state index contributed by atoms with van der Waals surface area (Å²) in [5.74, 6) is 0.666. The monoisotopic (exact) mass is 298 g/mol. The molecule has 0 aliphatic carbocycles. The van der Waals surface area contributed by atoms with Crippen LogP contribution in [0.2, 0.25) is 0 Å². The van der Waals surface area contributed by atoms with Gasteiger partial charge in [-0.05, 0) is 51.7 Å². The lowest BCUT2D eigenvalue weighted by Crippen LogP contribution is -2.51. The Kier molecular flexibility index (Phi) is 4.58. The van der Waals surface area contributed by atoms with Gasteiger partial charge in [0.05, 0.1) is 0 Å². The predicted molar refractivity (Wildman–Crippen MR) is 82.3 cm³/mol. The van der Waals surface area contributed by atoms with Gasteiger partial charge in [-0.1, -0.05) is 6.92 Å². The third kappa shape index (κ3) is 3.00. The number of hydrogen-bond donors (Lipinski definition) is 1. The van der Waals surface area contributed by atoms with Gasteiger partial charge in [0.2, 0.25) is 0 Å². The van der Waals surface area contributed by atoms with Crippen LogP contribution in [-0.2, 0) is 4.79 Å². The molecule has 5 heteroatoms. The number of thioether (sulfide) groups is 1. The second-order valence-corrected chi connectivity index (χ2v) is 8.01. The maximum absolute atomic E-state index is 11.3. The molecule has 0 aromatic carbocycles. The molecule has 0 aromatic rings. The van der Waals surface area contributed by atoms with Crippen LogP contribution in [0.4, 0.5) is 0 Å². The second-order valence-electron chi connectivity index (χ2n) is 6.53. The van der Waals surface area contributed by atoms with Crippen LogP contribution in [0.25, 0.3) is 0 Å². The van der Waals surface area contributed by atoms with E-state index in [1.807, 2.05) is 0 Å². The smallest absolute Gasteiger partial charge is 0.320 e. The maximum atomic E-state index is 11.3. The third-order valence-electron chi connectivity index (χ3n) is 5.24. The van der Waals surface area contributed by atoms with E-state index in [4.69, 9.17) is 0 Å². The van der Waals surface area contributed by atoms with E-state index < -0.39 is 5.97 Å². The largest absolute Gasteiger partial charge is 0.480 e. The SMILES string of the molecule is CC1CC(N2CCC(N3CCCC3C(=O)O)CC2)CS1. The standard InChI is InChI=1S/C15H26N2O2S/c1-11-9-13(10-20-11)16-7-4-12(5-8-16)17-6-2-3-14(17)15(18)19/h11-14H,2-10H2,1H3,(H,18,19). The Morgan fingerprint density at radius 1 is 1.15 bits per heavy atom. The zero-order valence-corrected chi connectivity index (χ0v) is 13.1. The highest BCUT2D eigenvalue weighted by Gasteiger charge is 2.38. The number of rotatable bonds is 3. The first-order valence-corrected chi connectivity index (χ1v) is 9.04. The van der Waals surface area contributed by atoms with Gasteiger partial charge in [0, 0.05) is 23.1 Å². The molecule has 0 saturated carbocycles. The Labute approximate surface area is 125 Å². The molecule has 3 rings (SSSR count). The normalized spacial score (nSPS) is 37.5. The summed E-state index contributed by atoms with van der Waals surface area (Å²) in [7, 11) is 0. The fraction of sp³-hybridized carbons (Fsp3) is 0.933. The molecule has 0 amide bonds. The van der Waals surface area contributed by atoms with Crippen LogP contribution in [0.1, 0.15) is 39.0 Å². The van der Waals surface area contributed by atoms with Gasteiger partial charge in [-0.3, -0.25) is 14.6 Å². The molecule has 3 unspecified atom stereocenters. The van der Waals surface area contributed by atoms with Gasteiger partial charge >= 0.3 is 5.97 Å². The maximum Gasteiger partial charge on any atom is 0.320 e. The molecule has 114 valence electrons. The molecule has 0 radical (unpaired) electrons. The predicted octanol–water partition coefficient (Wildman–Crippen LogP) is 1.89. The van der Waals surface area contributed by atoms with E-state index in [2.05, 4.69) is 28.5 Å². The number of carboxylic acids is 1. The zero-order valence-electron chi connectivity index (χ0n) is 12.3. The minimum Gasteiger partial charge on any atom is -0.480 e. The highest BCUT2D eigenvalue weighted by Crippen LogP contribution is 2.32. The van der Waals surface area contributed by atoms with Gasteiger partial charge in [0.1, 0.15) is 6.04 Å². The molecule has 0 spiro atoms. The van der Waals surface area contributed by atoms with Crippen LogP contribution in [0.5, 0.6) is 0 Å². The van der Waals surface area contributed by atoms with Crippen molar-refractivity contribution in [3.63, 3.8) is 0 Å². The van der Waals surface area contributed by atoms with Gasteiger partial charge in [-0.15, -0.1) is 0 Å². The van der Waals surface area contributed by atoms with E-state index in [1.165, 1.54) is 12.2 Å². The molecule has 0 bridgehead atoms. The number of likely N-dealkylation sites (tertiary alicyclic amines) is 2. The summed E-state index contributed by atoms with van der Waals surface area (Å²) in [5.41, 5.74) is 0. The number of carboxylic acid groups (broad SMARTS) is 1. The summed E-state index contributed by atoms with van der Waals surface area (Å²) in [5, 5.41) is 10.1. The zero-order chi connectivity index (χ0) is 14.1. The second kappa shape index (κ2) is 6.24. The van der Waals surface area contributed by atoms with Gasteiger partial charge in [-0.2, -0.15) is 11.8 Å². The van der Waals surface area contributed by atoms with Crippen LogP contribution >= 0.6 is 11.8 Å². The number of carbonyl (C=O) groups is 1. The lowest BCUT2D eigenvalue weighted by molar-refractivity contribution is -0.143. The molecule has 3 saturated heterocycles. The van der Waals surface area contributed by atoms with E-state index >= 15 is 0 Å².